The average molecular weight is 298 g/mol. The normalized spacial score (nSPS) is 10.5. The van der Waals surface area contributed by atoms with Crippen molar-refractivity contribution in [1.29, 1.82) is 0 Å². The third-order valence-electron chi connectivity index (χ3n) is 2.30. The second-order valence-electron chi connectivity index (χ2n) is 3.75. The second kappa shape index (κ2) is 4.75. The van der Waals surface area contributed by atoms with E-state index in [-0.39, 0.29) is 5.56 Å². The Bertz CT molecular complexity index is 589. The molecule has 2 aromatic rings. The van der Waals surface area contributed by atoms with Crippen LogP contribution in [0.5, 0.6) is 5.75 Å². The lowest BCUT2D eigenvalue weighted by Gasteiger charge is -2.07. The third kappa shape index (κ3) is 2.76. The van der Waals surface area contributed by atoms with Crippen molar-refractivity contribution >= 4 is 15.9 Å². The van der Waals surface area contributed by atoms with Crippen LogP contribution in [0.2, 0.25) is 0 Å². The van der Waals surface area contributed by atoms with E-state index in [1.54, 1.807) is 24.1 Å². The van der Waals surface area contributed by atoms with Crippen LogP contribution in [0.4, 0.5) is 0 Å². The molecule has 5 nitrogen and oxygen atoms in total. The summed E-state index contributed by atoms with van der Waals surface area (Å²) in [6.45, 7) is 0.388. The first kappa shape index (κ1) is 11.9. The van der Waals surface area contributed by atoms with Gasteiger partial charge in [-0.2, -0.15) is 5.10 Å². The lowest BCUT2D eigenvalue weighted by molar-refractivity contribution is 0.303. The molecule has 0 aliphatic heterocycles. The number of aromatic nitrogens is 3. The Hall–Kier alpha value is -1.56. The summed E-state index contributed by atoms with van der Waals surface area (Å²) in [7, 11) is 3.54. The molecule has 90 valence electrons. The molecule has 17 heavy (non-hydrogen) atoms. The van der Waals surface area contributed by atoms with Gasteiger partial charge >= 0.3 is 0 Å². The van der Waals surface area contributed by atoms with Crippen LogP contribution in [-0.2, 0) is 20.7 Å². The second-order valence-corrected chi connectivity index (χ2v) is 4.60. The van der Waals surface area contributed by atoms with Crippen molar-refractivity contribution in [2.45, 2.75) is 6.61 Å². The van der Waals surface area contributed by atoms with E-state index < -0.39 is 0 Å². The standard InChI is InChI=1S/C11H12BrN3O2/c1-14-6-9(12)10(3-11(14)16)17-7-8-4-13-15(2)5-8/h3-6H,7H2,1-2H3. The largest absolute Gasteiger partial charge is 0.487 e. The first-order chi connectivity index (χ1) is 8.06. The number of hydrogen-bond acceptors (Lipinski definition) is 3. The highest BCUT2D eigenvalue weighted by molar-refractivity contribution is 9.10. The van der Waals surface area contributed by atoms with Gasteiger partial charge in [0.25, 0.3) is 5.56 Å². The molecular formula is C11H12BrN3O2. The number of ether oxygens (including phenoxy) is 1. The fraction of sp³-hybridized carbons (Fsp3) is 0.273. The molecule has 2 rings (SSSR count). The number of aryl methyl sites for hydroxylation is 2. The molecule has 0 saturated heterocycles. The van der Waals surface area contributed by atoms with Crippen LogP contribution in [0.1, 0.15) is 5.56 Å². The summed E-state index contributed by atoms with van der Waals surface area (Å²) in [6, 6.07) is 1.46. The Morgan fingerprint density at radius 3 is 2.82 bits per heavy atom. The monoisotopic (exact) mass is 297 g/mol. The topological polar surface area (TPSA) is 49.0 Å². The van der Waals surface area contributed by atoms with Crippen LogP contribution in [0.15, 0.2) is 33.9 Å². The van der Waals surface area contributed by atoms with Crippen LogP contribution >= 0.6 is 15.9 Å². The predicted octanol–water partition coefficient (Wildman–Crippen LogP) is 1.46. The maximum atomic E-state index is 11.5. The zero-order valence-corrected chi connectivity index (χ0v) is 11.1. The van der Waals surface area contributed by atoms with Crippen LogP contribution < -0.4 is 10.3 Å². The Balaban J connectivity index is 2.14. The molecule has 0 fully saturated rings. The van der Waals surface area contributed by atoms with Crippen LogP contribution in [0.3, 0.4) is 0 Å². The SMILES string of the molecule is Cn1cc(COc2cc(=O)n(C)cc2Br)cn1. The van der Waals surface area contributed by atoms with E-state index in [0.29, 0.717) is 12.4 Å². The van der Waals surface area contributed by atoms with Crippen molar-refractivity contribution in [3.63, 3.8) is 0 Å². The van der Waals surface area contributed by atoms with E-state index in [4.69, 9.17) is 4.74 Å². The Morgan fingerprint density at radius 2 is 2.18 bits per heavy atom. The first-order valence-electron chi connectivity index (χ1n) is 5.03. The zero-order valence-electron chi connectivity index (χ0n) is 9.55. The van der Waals surface area contributed by atoms with Gasteiger partial charge in [0.05, 0.1) is 10.7 Å². The van der Waals surface area contributed by atoms with E-state index in [0.717, 1.165) is 10.0 Å². The van der Waals surface area contributed by atoms with E-state index in [2.05, 4.69) is 21.0 Å². The average Bonchev–Trinajstić information content (AvgIpc) is 2.68. The minimum atomic E-state index is -0.102. The molecule has 0 N–H and O–H groups in total. The molecule has 0 saturated carbocycles. The van der Waals surface area contributed by atoms with Crippen molar-refractivity contribution in [2.24, 2.45) is 14.1 Å². The fourth-order valence-corrected chi connectivity index (χ4v) is 1.93. The first-order valence-corrected chi connectivity index (χ1v) is 5.82. The van der Waals surface area contributed by atoms with Gasteiger partial charge in [0, 0.05) is 38.1 Å². The smallest absolute Gasteiger partial charge is 0.254 e. The Labute approximate surface area is 107 Å². The molecule has 6 heteroatoms. The summed E-state index contributed by atoms with van der Waals surface area (Å²) in [5.74, 6) is 0.539. The summed E-state index contributed by atoms with van der Waals surface area (Å²) in [5, 5.41) is 4.04. The molecule has 0 unspecified atom stereocenters. The molecule has 2 aromatic heterocycles. The van der Waals surface area contributed by atoms with Gasteiger partial charge in [0.15, 0.2) is 0 Å². The van der Waals surface area contributed by atoms with Crippen molar-refractivity contribution < 1.29 is 4.74 Å². The number of rotatable bonds is 3. The van der Waals surface area contributed by atoms with Crippen LogP contribution in [0.25, 0.3) is 0 Å². The van der Waals surface area contributed by atoms with Crippen molar-refractivity contribution in [3.05, 3.63) is 45.0 Å². The number of nitrogens with zero attached hydrogens (tertiary/aromatic N) is 3. The maximum absolute atomic E-state index is 11.5. The van der Waals surface area contributed by atoms with E-state index in [1.807, 2.05) is 13.2 Å². The number of hydrogen-bond donors (Lipinski definition) is 0. The summed E-state index contributed by atoms with van der Waals surface area (Å²) in [4.78, 5) is 11.5. The molecule has 0 aliphatic rings. The highest BCUT2D eigenvalue weighted by atomic mass is 79.9. The lowest BCUT2D eigenvalue weighted by Crippen LogP contribution is -2.15. The quantitative estimate of drug-likeness (QED) is 0.862. The Kier molecular flexibility index (Phi) is 3.33. The summed E-state index contributed by atoms with van der Waals surface area (Å²) in [6.07, 6.45) is 5.28. The molecule has 2 heterocycles. The Morgan fingerprint density at radius 1 is 1.41 bits per heavy atom. The fourth-order valence-electron chi connectivity index (χ4n) is 1.40. The van der Waals surface area contributed by atoms with Crippen molar-refractivity contribution in [3.8, 4) is 5.75 Å². The minimum Gasteiger partial charge on any atom is -0.487 e. The van der Waals surface area contributed by atoms with Gasteiger partial charge in [0.2, 0.25) is 0 Å². The van der Waals surface area contributed by atoms with Crippen LogP contribution in [-0.4, -0.2) is 14.3 Å². The van der Waals surface area contributed by atoms with Crippen molar-refractivity contribution in [1.82, 2.24) is 14.3 Å². The highest BCUT2D eigenvalue weighted by Gasteiger charge is 2.05. The van der Waals surface area contributed by atoms with Crippen LogP contribution in [0, 0.1) is 0 Å². The summed E-state index contributed by atoms with van der Waals surface area (Å²) >= 11 is 3.35. The van der Waals surface area contributed by atoms with Crippen molar-refractivity contribution in [2.75, 3.05) is 0 Å². The molecule has 0 atom stereocenters. The lowest BCUT2D eigenvalue weighted by atomic mass is 10.4. The molecule has 0 amide bonds. The summed E-state index contributed by atoms with van der Waals surface area (Å²) in [5.41, 5.74) is 0.856. The highest BCUT2D eigenvalue weighted by Crippen LogP contribution is 2.22. The van der Waals surface area contributed by atoms with Gasteiger partial charge in [-0.1, -0.05) is 0 Å². The number of pyridine rings is 1. The minimum absolute atomic E-state index is 0.102. The van der Waals surface area contributed by atoms with Gasteiger partial charge < -0.3 is 9.30 Å². The van der Waals surface area contributed by atoms with Gasteiger partial charge in [-0.05, 0) is 15.9 Å². The molecule has 0 spiro atoms. The van der Waals surface area contributed by atoms with Gasteiger partial charge in [0.1, 0.15) is 12.4 Å². The summed E-state index contributed by atoms with van der Waals surface area (Å²) < 4.78 is 9.50. The third-order valence-corrected chi connectivity index (χ3v) is 2.89. The van der Waals surface area contributed by atoms with Gasteiger partial charge in [-0.3, -0.25) is 9.48 Å². The molecule has 0 radical (unpaired) electrons. The van der Waals surface area contributed by atoms with Gasteiger partial charge in [-0.25, -0.2) is 0 Å². The van der Waals surface area contributed by atoms with Gasteiger partial charge in [-0.15, -0.1) is 0 Å². The van der Waals surface area contributed by atoms with E-state index in [9.17, 15) is 4.79 Å². The number of halogens is 1. The van der Waals surface area contributed by atoms with E-state index >= 15 is 0 Å². The molecular weight excluding hydrogens is 286 g/mol. The zero-order chi connectivity index (χ0) is 12.4. The predicted molar refractivity (Wildman–Crippen MR) is 66.9 cm³/mol. The molecule has 0 aromatic carbocycles. The maximum Gasteiger partial charge on any atom is 0.254 e. The molecule has 0 bridgehead atoms. The molecule has 0 aliphatic carbocycles. The van der Waals surface area contributed by atoms with E-state index in [1.165, 1.54) is 10.6 Å².